The van der Waals surface area contributed by atoms with Crippen LogP contribution in [-0.4, -0.2) is 73.3 Å². The van der Waals surface area contributed by atoms with E-state index in [-0.39, 0.29) is 12.0 Å². The van der Waals surface area contributed by atoms with E-state index in [0.29, 0.717) is 39.3 Å². The number of aromatic nitrogens is 1. The number of nitrogens with zero attached hydrogens (tertiary/aromatic N) is 3. The lowest BCUT2D eigenvalue weighted by Crippen LogP contribution is -2.46. The molecule has 0 spiro atoms. The molecule has 4 aromatic rings. The zero-order valence-corrected chi connectivity index (χ0v) is 25.5. The van der Waals surface area contributed by atoms with Gasteiger partial charge in [-0.05, 0) is 59.9 Å². The van der Waals surface area contributed by atoms with E-state index in [2.05, 4.69) is 51.9 Å². The number of methoxy groups -OCH3 is 1. The molecular formula is C35H41N3O6. The molecule has 0 radical (unpaired) electrons. The summed E-state index contributed by atoms with van der Waals surface area (Å²) in [5, 5.41) is 10.8. The Hall–Kier alpha value is -4.21. The Morgan fingerprint density at radius 2 is 1.86 bits per heavy atom. The molecular weight excluding hydrogens is 558 g/mol. The molecule has 1 aromatic heterocycles. The van der Waals surface area contributed by atoms with Crippen molar-refractivity contribution in [1.82, 2.24) is 9.47 Å². The molecule has 2 aliphatic heterocycles. The summed E-state index contributed by atoms with van der Waals surface area (Å²) in [6, 6.07) is 22.8. The molecule has 0 bridgehead atoms. The predicted octanol–water partition coefficient (Wildman–Crippen LogP) is 6.05. The number of ether oxygens (including phenoxy) is 4. The van der Waals surface area contributed by atoms with Crippen LogP contribution in [0.2, 0.25) is 0 Å². The summed E-state index contributed by atoms with van der Waals surface area (Å²) in [7, 11) is 3.76. The lowest BCUT2D eigenvalue weighted by molar-refractivity contribution is -0.0199. The molecule has 1 saturated heterocycles. The van der Waals surface area contributed by atoms with Gasteiger partial charge in [-0.2, -0.15) is 0 Å². The number of amides is 1. The van der Waals surface area contributed by atoms with Gasteiger partial charge in [-0.25, -0.2) is 4.79 Å². The van der Waals surface area contributed by atoms with Crippen molar-refractivity contribution < 1.29 is 28.8 Å². The largest absolute Gasteiger partial charge is 0.490 e. The van der Waals surface area contributed by atoms with Gasteiger partial charge in [0.15, 0.2) is 0 Å². The first-order chi connectivity index (χ1) is 21.5. The highest BCUT2D eigenvalue weighted by atomic mass is 16.5. The number of carboxylic acid groups (broad SMARTS) is 1. The summed E-state index contributed by atoms with van der Waals surface area (Å²) in [4.78, 5) is 15.7. The van der Waals surface area contributed by atoms with E-state index in [1.165, 1.54) is 4.90 Å². The third-order valence-corrected chi connectivity index (χ3v) is 8.74. The second kappa shape index (κ2) is 13.6. The van der Waals surface area contributed by atoms with Gasteiger partial charge in [-0.1, -0.05) is 36.4 Å². The average molecular weight is 600 g/mol. The number of hydrogen-bond acceptors (Lipinski definition) is 6. The van der Waals surface area contributed by atoms with Crippen molar-refractivity contribution in [1.29, 1.82) is 0 Å². The van der Waals surface area contributed by atoms with Crippen molar-refractivity contribution in [2.24, 2.45) is 7.05 Å². The summed E-state index contributed by atoms with van der Waals surface area (Å²) in [5.74, 6) is 1.84. The Kier molecular flexibility index (Phi) is 9.23. The fourth-order valence-corrected chi connectivity index (χ4v) is 6.31. The van der Waals surface area contributed by atoms with Gasteiger partial charge >= 0.3 is 6.09 Å². The maximum absolute atomic E-state index is 11.9. The number of piperidine rings is 1. The Labute approximate surface area is 258 Å². The monoisotopic (exact) mass is 599 g/mol. The fourth-order valence-electron chi connectivity index (χ4n) is 6.31. The number of hydrogen-bond donors (Lipinski definition) is 1. The second-order valence-corrected chi connectivity index (χ2v) is 11.6. The number of anilines is 1. The molecule has 2 atom stereocenters. The number of aryl methyl sites for hydroxylation is 1. The first-order valence-electron chi connectivity index (χ1n) is 15.3. The molecule has 1 amide bonds. The fraction of sp³-hybridized carbons (Fsp3) is 0.400. The number of carbonyl (C=O) groups is 1. The Bertz CT molecular complexity index is 1570. The van der Waals surface area contributed by atoms with E-state index in [9.17, 15) is 9.90 Å². The van der Waals surface area contributed by atoms with E-state index >= 15 is 0 Å². The van der Waals surface area contributed by atoms with Gasteiger partial charge in [0.05, 0.1) is 37.0 Å². The normalized spacial score (nSPS) is 18.2. The van der Waals surface area contributed by atoms with E-state index < -0.39 is 6.09 Å². The molecule has 0 saturated carbocycles. The third-order valence-electron chi connectivity index (χ3n) is 8.74. The maximum Gasteiger partial charge on any atom is 0.407 e. The molecule has 9 heteroatoms. The van der Waals surface area contributed by atoms with Crippen LogP contribution in [0.5, 0.6) is 11.5 Å². The zero-order valence-electron chi connectivity index (χ0n) is 25.5. The van der Waals surface area contributed by atoms with Gasteiger partial charge in [0.1, 0.15) is 24.7 Å². The molecule has 3 heterocycles. The van der Waals surface area contributed by atoms with Gasteiger partial charge in [0.25, 0.3) is 0 Å². The summed E-state index contributed by atoms with van der Waals surface area (Å²) >= 11 is 0. The highest BCUT2D eigenvalue weighted by Gasteiger charge is 2.33. The highest BCUT2D eigenvalue weighted by Crippen LogP contribution is 2.35. The van der Waals surface area contributed by atoms with Crippen LogP contribution >= 0.6 is 0 Å². The molecule has 1 fully saturated rings. The van der Waals surface area contributed by atoms with E-state index in [4.69, 9.17) is 18.9 Å². The molecule has 44 heavy (non-hydrogen) atoms. The van der Waals surface area contributed by atoms with E-state index in [0.717, 1.165) is 70.9 Å². The highest BCUT2D eigenvalue weighted by molar-refractivity contribution is 5.86. The van der Waals surface area contributed by atoms with Crippen LogP contribution in [-0.2, 0) is 29.7 Å². The van der Waals surface area contributed by atoms with Crippen LogP contribution in [0.25, 0.3) is 10.9 Å². The number of rotatable bonds is 11. The average Bonchev–Trinajstić information content (AvgIpc) is 3.44. The van der Waals surface area contributed by atoms with Crippen LogP contribution < -0.4 is 14.4 Å². The molecule has 1 N–H and O–H groups in total. The van der Waals surface area contributed by atoms with Crippen molar-refractivity contribution in [2.45, 2.75) is 38.1 Å². The van der Waals surface area contributed by atoms with Crippen molar-refractivity contribution in [3.63, 3.8) is 0 Å². The van der Waals surface area contributed by atoms with Crippen molar-refractivity contribution >= 4 is 22.7 Å². The van der Waals surface area contributed by atoms with E-state index in [1.54, 1.807) is 7.11 Å². The Morgan fingerprint density at radius 1 is 1.02 bits per heavy atom. The first-order valence-corrected chi connectivity index (χ1v) is 15.3. The molecule has 6 rings (SSSR count). The minimum Gasteiger partial charge on any atom is -0.490 e. The summed E-state index contributed by atoms with van der Waals surface area (Å²) in [6.07, 6.45) is 2.52. The van der Waals surface area contributed by atoms with Crippen LogP contribution in [0.1, 0.15) is 35.4 Å². The smallest absolute Gasteiger partial charge is 0.407 e. The maximum atomic E-state index is 11.9. The lowest BCUT2D eigenvalue weighted by atomic mass is 9.86. The van der Waals surface area contributed by atoms with Crippen LogP contribution in [0.15, 0.2) is 72.9 Å². The van der Waals surface area contributed by atoms with Crippen molar-refractivity contribution in [3.8, 4) is 11.5 Å². The molecule has 2 aliphatic rings. The second-order valence-electron chi connectivity index (χ2n) is 11.6. The predicted molar refractivity (Wildman–Crippen MR) is 170 cm³/mol. The topological polar surface area (TPSA) is 85.6 Å². The standard InChI is InChI=1S/C35H41N3O6/c1-36-16-13-29-30(36)5-3-6-32(29)43-23-25-7-10-27(11-8-25)28-14-17-38(35(39)40)22-34(28)44-24-26-9-12-33-31(21-26)37(18-20-42-33)15-4-19-41-2/h3,5-13,16,21,28,34H,4,14-15,17-20,22-24H2,1-2H3,(H,39,40). The molecule has 3 aromatic carbocycles. The third kappa shape index (κ3) is 6.64. The van der Waals surface area contributed by atoms with Crippen molar-refractivity contribution in [2.75, 3.05) is 51.4 Å². The van der Waals surface area contributed by atoms with Crippen molar-refractivity contribution in [3.05, 3.63) is 89.6 Å². The quantitative estimate of drug-likeness (QED) is 0.210. The minimum atomic E-state index is -0.907. The first kappa shape index (κ1) is 29.8. The van der Waals surface area contributed by atoms with E-state index in [1.807, 2.05) is 37.5 Å². The Morgan fingerprint density at radius 3 is 2.68 bits per heavy atom. The van der Waals surface area contributed by atoms with Gasteiger partial charge in [-0.3, -0.25) is 0 Å². The number of benzene rings is 3. The van der Waals surface area contributed by atoms with Crippen LogP contribution in [0.3, 0.4) is 0 Å². The number of likely N-dealkylation sites (tertiary alicyclic amines) is 1. The lowest BCUT2D eigenvalue weighted by Gasteiger charge is -2.37. The van der Waals surface area contributed by atoms with Gasteiger partial charge in [0.2, 0.25) is 0 Å². The SMILES string of the molecule is COCCCN1CCOc2ccc(COC3CN(C(=O)O)CCC3c3ccc(COc4cccc5c4ccn5C)cc3)cc21. The summed E-state index contributed by atoms with van der Waals surface area (Å²) in [5.41, 5.74) is 5.48. The summed E-state index contributed by atoms with van der Waals surface area (Å²) in [6.45, 7) is 4.80. The summed E-state index contributed by atoms with van der Waals surface area (Å²) < 4.78 is 25.9. The Balaban J connectivity index is 1.13. The van der Waals surface area contributed by atoms with Crippen LogP contribution in [0.4, 0.5) is 10.5 Å². The minimum absolute atomic E-state index is 0.0881. The molecule has 2 unspecified atom stereocenters. The van der Waals surface area contributed by atoms with Crippen LogP contribution in [0, 0.1) is 0 Å². The van der Waals surface area contributed by atoms with Gasteiger partial charge in [0, 0.05) is 51.4 Å². The molecule has 232 valence electrons. The molecule has 9 nitrogen and oxygen atoms in total. The zero-order chi connectivity index (χ0) is 30.5. The number of fused-ring (bicyclic) bond motifs is 2. The van der Waals surface area contributed by atoms with Gasteiger partial charge < -0.3 is 38.4 Å². The van der Waals surface area contributed by atoms with Gasteiger partial charge in [-0.15, -0.1) is 0 Å². The molecule has 0 aliphatic carbocycles.